The minimum Gasteiger partial charge on any atom is -0.431 e. The number of hydrogen-bond acceptors (Lipinski definition) is 6. The number of imide groups is 1. The van der Waals surface area contributed by atoms with E-state index in [9.17, 15) is 19.6 Å². The van der Waals surface area contributed by atoms with Crippen LogP contribution >= 0.6 is 0 Å². The van der Waals surface area contributed by atoms with Crippen LogP contribution in [0.5, 0.6) is 0 Å². The summed E-state index contributed by atoms with van der Waals surface area (Å²) < 4.78 is 4.32. The second-order valence-corrected chi connectivity index (χ2v) is 2.64. The van der Waals surface area contributed by atoms with Gasteiger partial charge in [0.2, 0.25) is 0 Å². The molecule has 1 aliphatic heterocycles. The van der Waals surface area contributed by atoms with Crippen molar-refractivity contribution in [1.29, 1.82) is 0 Å². The molecule has 7 heteroatoms. The fraction of sp³-hybridized carbons (Fsp3) is 0.571. The first-order valence-electron chi connectivity index (χ1n) is 4.05. The van der Waals surface area contributed by atoms with Crippen LogP contribution in [0.1, 0.15) is 19.8 Å². The first-order chi connectivity index (χ1) is 6.50. The largest absolute Gasteiger partial charge is 0.564 e. The maximum atomic E-state index is 11.0. The molecule has 0 aromatic rings. The van der Waals surface area contributed by atoms with Crippen molar-refractivity contribution in [3.8, 4) is 0 Å². The smallest absolute Gasteiger partial charge is 0.431 e. The second-order valence-electron chi connectivity index (χ2n) is 2.64. The molecule has 1 N–H and O–H groups in total. The van der Waals surface area contributed by atoms with Crippen LogP contribution in [0.2, 0.25) is 0 Å². The summed E-state index contributed by atoms with van der Waals surface area (Å²) in [6.45, 7) is 1.55. The Morgan fingerprint density at radius 1 is 1.43 bits per heavy atom. The van der Waals surface area contributed by atoms with Gasteiger partial charge >= 0.3 is 18.0 Å². The molecule has 7 nitrogen and oxygen atoms in total. The van der Waals surface area contributed by atoms with Crippen LogP contribution in [0.15, 0.2) is 0 Å². The zero-order valence-electron chi connectivity index (χ0n) is 7.56. The number of ether oxygens (including phenoxy) is 1. The molecule has 14 heavy (non-hydrogen) atoms. The molecule has 0 bridgehead atoms. The lowest BCUT2D eigenvalue weighted by molar-refractivity contribution is -1.12. The third kappa shape index (κ3) is 1.73. The summed E-state index contributed by atoms with van der Waals surface area (Å²) in [5.41, 5.74) is 0. The topological polar surface area (TPSA) is 89.9 Å². The monoisotopic (exact) mass is 204 g/mol. The van der Waals surface area contributed by atoms with Gasteiger partial charge in [0, 0.05) is 0 Å². The highest BCUT2D eigenvalue weighted by Gasteiger charge is 2.56. The van der Waals surface area contributed by atoms with Crippen molar-refractivity contribution < 1.29 is 34.0 Å². The number of hydroxylamine groups is 4. The number of quaternary nitrogens is 1. The van der Waals surface area contributed by atoms with Crippen LogP contribution in [-0.4, -0.2) is 34.6 Å². The van der Waals surface area contributed by atoms with Crippen LogP contribution in [0.4, 0.5) is 4.79 Å². The zero-order chi connectivity index (χ0) is 10.8. The Balaban J connectivity index is 2.69. The van der Waals surface area contributed by atoms with E-state index in [1.165, 1.54) is 6.92 Å². The van der Waals surface area contributed by atoms with Gasteiger partial charge in [-0.1, -0.05) is 0 Å². The number of hydrogen-bond donors (Lipinski definition) is 1. The predicted molar refractivity (Wildman–Crippen MR) is 39.4 cm³/mol. The summed E-state index contributed by atoms with van der Waals surface area (Å²) in [5, 5.41) is 9.34. The van der Waals surface area contributed by atoms with Crippen LogP contribution in [0.3, 0.4) is 0 Å². The molecule has 1 heterocycles. The average molecular weight is 204 g/mol. The minimum atomic E-state index is -1.93. The molecule has 0 aromatic carbocycles. The van der Waals surface area contributed by atoms with Gasteiger partial charge in [-0.3, -0.25) is 0 Å². The van der Waals surface area contributed by atoms with Crippen molar-refractivity contribution in [2.75, 3.05) is 6.61 Å². The van der Waals surface area contributed by atoms with Gasteiger partial charge in [-0.05, 0) is 6.92 Å². The Labute approximate surface area is 79.3 Å². The van der Waals surface area contributed by atoms with Crippen molar-refractivity contribution >= 4 is 18.0 Å². The van der Waals surface area contributed by atoms with Gasteiger partial charge in [0.05, 0.1) is 19.4 Å². The Morgan fingerprint density at radius 2 is 1.93 bits per heavy atom. The lowest BCUT2D eigenvalue weighted by Crippen LogP contribution is -2.50. The van der Waals surface area contributed by atoms with Crippen LogP contribution in [-0.2, 0) is 19.2 Å². The lowest BCUT2D eigenvalue weighted by atomic mass is 10.4. The number of carbonyl (C=O) groups excluding carboxylic acids is 3. The fourth-order valence-corrected chi connectivity index (χ4v) is 1.01. The van der Waals surface area contributed by atoms with Crippen LogP contribution in [0.25, 0.3) is 0 Å². The molecule has 0 unspecified atom stereocenters. The van der Waals surface area contributed by atoms with E-state index in [4.69, 9.17) is 0 Å². The summed E-state index contributed by atoms with van der Waals surface area (Å²) in [6, 6.07) is 0. The molecule has 1 rings (SSSR count). The van der Waals surface area contributed by atoms with Crippen molar-refractivity contribution in [2.45, 2.75) is 19.8 Å². The molecule has 0 spiro atoms. The number of carbonyl (C=O) groups is 3. The Bertz CT molecular complexity index is 270. The van der Waals surface area contributed by atoms with Crippen molar-refractivity contribution in [1.82, 2.24) is 0 Å². The van der Waals surface area contributed by atoms with Crippen molar-refractivity contribution in [2.24, 2.45) is 0 Å². The summed E-state index contributed by atoms with van der Waals surface area (Å²) in [6.07, 6.45) is -1.54. The maximum Gasteiger partial charge on any atom is 0.564 e. The normalized spacial score (nSPS) is 19.6. The average Bonchev–Trinajstić information content (AvgIpc) is 2.34. The highest BCUT2D eigenvalue weighted by molar-refractivity contribution is 5.90. The summed E-state index contributed by atoms with van der Waals surface area (Å²) >= 11 is 0. The van der Waals surface area contributed by atoms with Gasteiger partial charge in [0.15, 0.2) is 0 Å². The molecule has 1 saturated heterocycles. The Morgan fingerprint density at radius 3 is 2.36 bits per heavy atom. The van der Waals surface area contributed by atoms with E-state index in [-0.39, 0.29) is 19.4 Å². The fourth-order valence-electron chi connectivity index (χ4n) is 1.01. The van der Waals surface area contributed by atoms with E-state index in [2.05, 4.69) is 9.57 Å². The quantitative estimate of drug-likeness (QED) is 0.297. The first kappa shape index (κ1) is 10.6. The molecular formula is C7H10NO6+. The molecule has 1 aliphatic rings. The van der Waals surface area contributed by atoms with E-state index < -0.39 is 22.8 Å². The molecule has 0 saturated carbocycles. The zero-order valence-corrected chi connectivity index (χ0v) is 7.56. The Kier molecular flexibility index (Phi) is 2.82. The van der Waals surface area contributed by atoms with Gasteiger partial charge in [-0.2, -0.15) is 14.8 Å². The highest BCUT2D eigenvalue weighted by atomic mass is 17.0. The SMILES string of the molecule is CCOC(=O)O[N+]1(O)C(=O)CCC1=O. The summed E-state index contributed by atoms with van der Waals surface area (Å²) in [4.78, 5) is 35.1. The molecule has 2 amide bonds. The van der Waals surface area contributed by atoms with Gasteiger partial charge in [0.25, 0.3) is 0 Å². The predicted octanol–water partition coefficient (Wildman–Crippen LogP) is 0.128. The van der Waals surface area contributed by atoms with Crippen molar-refractivity contribution in [3.05, 3.63) is 0 Å². The highest BCUT2D eigenvalue weighted by Crippen LogP contribution is 2.20. The second kappa shape index (κ2) is 3.72. The van der Waals surface area contributed by atoms with E-state index in [0.29, 0.717) is 0 Å². The molecule has 78 valence electrons. The van der Waals surface area contributed by atoms with Gasteiger partial charge in [-0.25, -0.2) is 9.59 Å². The Hall–Kier alpha value is -1.47. The lowest BCUT2D eigenvalue weighted by Gasteiger charge is -2.14. The van der Waals surface area contributed by atoms with Gasteiger partial charge < -0.3 is 4.74 Å². The van der Waals surface area contributed by atoms with Crippen molar-refractivity contribution in [3.63, 3.8) is 0 Å². The molecular weight excluding hydrogens is 194 g/mol. The third-order valence-corrected chi connectivity index (χ3v) is 1.70. The summed E-state index contributed by atoms with van der Waals surface area (Å²) in [7, 11) is 0. The van der Waals surface area contributed by atoms with Gasteiger partial charge in [-0.15, -0.1) is 0 Å². The van der Waals surface area contributed by atoms with E-state index >= 15 is 0 Å². The first-order valence-corrected chi connectivity index (χ1v) is 4.05. The minimum absolute atomic E-state index is 0.0290. The molecule has 1 fully saturated rings. The molecule has 0 atom stereocenters. The number of nitrogens with zero attached hydrogens (tertiary/aromatic N) is 1. The van der Waals surface area contributed by atoms with Crippen LogP contribution < -0.4 is 0 Å². The third-order valence-electron chi connectivity index (χ3n) is 1.70. The summed E-state index contributed by atoms with van der Waals surface area (Å²) in [5.74, 6) is -1.74. The molecule has 0 aromatic heterocycles. The molecule has 0 radical (unpaired) electrons. The number of amides is 2. The number of rotatable bonds is 2. The standard InChI is InChI=1S/C7H10NO6/c1-2-13-7(11)14-8(12)5(9)3-4-6(8)10/h12H,2-4H2,1H3/q+1. The van der Waals surface area contributed by atoms with E-state index in [1.54, 1.807) is 0 Å². The van der Waals surface area contributed by atoms with Gasteiger partial charge in [0.1, 0.15) is 4.81 Å². The van der Waals surface area contributed by atoms with Crippen LogP contribution in [0, 0.1) is 0 Å². The van der Waals surface area contributed by atoms with E-state index in [1.807, 2.05) is 0 Å². The van der Waals surface area contributed by atoms with E-state index in [0.717, 1.165) is 0 Å². The molecule has 0 aliphatic carbocycles. The maximum absolute atomic E-state index is 11.0.